The van der Waals surface area contributed by atoms with E-state index in [0.29, 0.717) is 6.54 Å². The number of carbonyl (C=O) groups excluding carboxylic acids is 1. The van der Waals surface area contributed by atoms with E-state index in [1.165, 1.54) is 4.90 Å². The molecule has 2 fully saturated rings. The number of aromatic nitrogens is 1. The molecule has 29 heavy (non-hydrogen) atoms. The van der Waals surface area contributed by atoms with Gasteiger partial charge in [-0.05, 0) is 30.7 Å². The predicted octanol–water partition coefficient (Wildman–Crippen LogP) is 2.19. The van der Waals surface area contributed by atoms with Crippen molar-refractivity contribution in [2.75, 3.05) is 38.6 Å². The molecule has 1 amide bonds. The first-order valence-electron chi connectivity index (χ1n) is 9.83. The molecular weight excluding hydrogens is 373 g/mol. The number of nitriles is 1. The van der Waals surface area contributed by atoms with E-state index in [1.807, 2.05) is 30.3 Å². The van der Waals surface area contributed by atoms with E-state index in [0.717, 1.165) is 35.3 Å². The zero-order valence-corrected chi connectivity index (χ0v) is 16.3. The Labute approximate surface area is 169 Å². The first-order chi connectivity index (χ1) is 14.1. The number of carbonyl (C=O) groups is 1. The van der Waals surface area contributed by atoms with Gasteiger partial charge in [0.15, 0.2) is 0 Å². The molecule has 7 nitrogen and oxygen atoms in total. The van der Waals surface area contributed by atoms with Gasteiger partial charge in [0.2, 0.25) is 5.91 Å². The lowest BCUT2D eigenvalue weighted by Crippen LogP contribution is -2.42. The Balaban J connectivity index is 1.39. The second-order valence-corrected chi connectivity index (χ2v) is 7.60. The summed E-state index contributed by atoms with van der Waals surface area (Å²) >= 11 is 0. The molecule has 4 rings (SSSR count). The van der Waals surface area contributed by atoms with Crippen molar-refractivity contribution in [3.63, 3.8) is 0 Å². The number of hydrogen-bond donors (Lipinski definition) is 1. The third-order valence-electron chi connectivity index (χ3n) is 5.66. The quantitative estimate of drug-likeness (QED) is 0.833. The molecule has 152 valence electrons. The van der Waals surface area contributed by atoms with Gasteiger partial charge in [-0.25, -0.2) is 4.39 Å². The van der Waals surface area contributed by atoms with Gasteiger partial charge in [-0.2, -0.15) is 5.26 Å². The lowest BCUT2D eigenvalue weighted by molar-refractivity contribution is -0.132. The first-order valence-corrected chi connectivity index (χ1v) is 9.83. The van der Waals surface area contributed by atoms with E-state index in [9.17, 15) is 9.18 Å². The molecule has 0 aliphatic carbocycles. The highest BCUT2D eigenvalue weighted by Crippen LogP contribution is 2.31. The Morgan fingerprint density at radius 3 is 3.07 bits per heavy atom. The zero-order valence-electron chi connectivity index (χ0n) is 16.3. The highest BCUT2D eigenvalue weighted by Gasteiger charge is 2.36. The molecule has 2 aromatic rings. The number of halogens is 1. The van der Waals surface area contributed by atoms with E-state index in [2.05, 4.69) is 15.2 Å². The van der Waals surface area contributed by atoms with Crippen LogP contribution in [0.5, 0.6) is 5.75 Å². The Bertz CT molecular complexity index is 946. The number of nitrogens with zero attached hydrogens (tertiary/aromatic N) is 4. The summed E-state index contributed by atoms with van der Waals surface area (Å²) in [5.74, 6) is 0.560. The number of nitrogens with one attached hydrogen (secondary N) is 1. The summed E-state index contributed by atoms with van der Waals surface area (Å²) in [5.41, 5.74) is 1.79. The normalized spacial score (nSPS) is 24.6. The van der Waals surface area contributed by atoms with Crippen LogP contribution < -0.4 is 10.1 Å². The molecule has 0 spiro atoms. The van der Waals surface area contributed by atoms with Crippen molar-refractivity contribution in [2.45, 2.75) is 31.1 Å². The van der Waals surface area contributed by atoms with Crippen molar-refractivity contribution >= 4 is 22.5 Å². The van der Waals surface area contributed by atoms with E-state index in [-0.39, 0.29) is 31.5 Å². The van der Waals surface area contributed by atoms with E-state index >= 15 is 0 Å². The van der Waals surface area contributed by atoms with Gasteiger partial charge >= 0.3 is 0 Å². The van der Waals surface area contributed by atoms with Crippen molar-refractivity contribution < 1.29 is 13.9 Å². The molecule has 3 heterocycles. The van der Waals surface area contributed by atoms with Crippen LogP contribution in [0.15, 0.2) is 30.5 Å². The minimum absolute atomic E-state index is 0.0252. The summed E-state index contributed by atoms with van der Waals surface area (Å²) in [6.07, 6.45) is 1.65. The van der Waals surface area contributed by atoms with Gasteiger partial charge in [-0.15, -0.1) is 0 Å². The molecule has 0 unspecified atom stereocenters. The maximum atomic E-state index is 13.6. The summed E-state index contributed by atoms with van der Waals surface area (Å²) < 4.78 is 19.0. The van der Waals surface area contributed by atoms with Crippen LogP contribution in [0.3, 0.4) is 0 Å². The van der Waals surface area contributed by atoms with Crippen molar-refractivity contribution in [1.82, 2.24) is 14.8 Å². The van der Waals surface area contributed by atoms with Crippen molar-refractivity contribution in [2.24, 2.45) is 0 Å². The third-order valence-corrected chi connectivity index (χ3v) is 5.66. The predicted molar refractivity (Wildman–Crippen MR) is 107 cm³/mol. The second-order valence-electron chi connectivity index (χ2n) is 7.60. The molecule has 0 bridgehead atoms. The maximum Gasteiger partial charge on any atom is 0.237 e. The van der Waals surface area contributed by atoms with Crippen molar-refractivity contribution in [3.8, 4) is 11.8 Å². The van der Waals surface area contributed by atoms with E-state index < -0.39 is 12.2 Å². The fourth-order valence-electron chi connectivity index (χ4n) is 4.22. The van der Waals surface area contributed by atoms with Crippen LogP contribution in [0.4, 0.5) is 10.1 Å². The number of ether oxygens (including phenoxy) is 1. The zero-order chi connectivity index (χ0) is 20.4. The second kappa shape index (κ2) is 8.21. The van der Waals surface area contributed by atoms with Crippen LogP contribution in [0.1, 0.15) is 12.8 Å². The number of amides is 1. The fraction of sp³-hybridized carbons (Fsp3) is 0.476. The highest BCUT2D eigenvalue weighted by molar-refractivity contribution is 5.95. The summed E-state index contributed by atoms with van der Waals surface area (Å²) in [7, 11) is 1.63. The first kappa shape index (κ1) is 19.4. The Morgan fingerprint density at radius 1 is 1.41 bits per heavy atom. The lowest BCUT2D eigenvalue weighted by atomic mass is 10.1. The van der Waals surface area contributed by atoms with E-state index in [1.54, 1.807) is 13.3 Å². The van der Waals surface area contributed by atoms with Gasteiger partial charge in [0.1, 0.15) is 23.5 Å². The van der Waals surface area contributed by atoms with Gasteiger partial charge in [0.25, 0.3) is 0 Å². The number of rotatable bonds is 5. The molecular formula is C21H24FN5O2. The van der Waals surface area contributed by atoms with Gasteiger partial charge in [-0.1, -0.05) is 0 Å². The topological polar surface area (TPSA) is 81.5 Å². The lowest BCUT2D eigenvalue weighted by Gasteiger charge is -2.23. The highest BCUT2D eigenvalue weighted by atomic mass is 19.1. The van der Waals surface area contributed by atoms with Crippen LogP contribution in [-0.4, -0.2) is 72.2 Å². The molecule has 2 aliphatic heterocycles. The molecule has 8 heteroatoms. The Morgan fingerprint density at radius 2 is 2.28 bits per heavy atom. The number of methoxy groups -OCH3 is 1. The molecule has 1 aromatic heterocycles. The number of benzene rings is 1. The summed E-state index contributed by atoms with van der Waals surface area (Å²) in [5, 5.41) is 13.7. The van der Waals surface area contributed by atoms with Crippen LogP contribution in [0.25, 0.3) is 10.9 Å². The average Bonchev–Trinajstić information content (AvgIpc) is 3.34. The van der Waals surface area contributed by atoms with Crippen LogP contribution in [0, 0.1) is 11.3 Å². The molecule has 0 saturated carbocycles. The van der Waals surface area contributed by atoms with E-state index in [4.69, 9.17) is 10.00 Å². The maximum absolute atomic E-state index is 13.6. The van der Waals surface area contributed by atoms with Crippen LogP contribution in [0.2, 0.25) is 0 Å². The van der Waals surface area contributed by atoms with Crippen LogP contribution >= 0.6 is 0 Å². The van der Waals surface area contributed by atoms with Gasteiger partial charge in [-0.3, -0.25) is 14.7 Å². The van der Waals surface area contributed by atoms with Crippen molar-refractivity contribution in [1.29, 1.82) is 5.26 Å². The number of pyridine rings is 1. The molecule has 0 radical (unpaired) electrons. The molecule has 3 atom stereocenters. The largest absolute Gasteiger partial charge is 0.494 e. The fourth-order valence-corrected chi connectivity index (χ4v) is 4.22. The number of anilines is 1. The molecule has 1 aromatic carbocycles. The SMILES string of the molecule is COc1ccc(N[C@H]2CCN(CC(=O)N3C[C@@H](F)C[C@H]3C#N)C2)c2cccnc12. The number of fused-ring (bicyclic) bond motifs is 1. The van der Waals surface area contributed by atoms with Crippen molar-refractivity contribution in [3.05, 3.63) is 30.5 Å². The third kappa shape index (κ3) is 3.96. The Kier molecular flexibility index (Phi) is 5.49. The minimum atomic E-state index is -1.10. The van der Waals surface area contributed by atoms with Gasteiger partial charge in [0, 0.05) is 42.8 Å². The minimum Gasteiger partial charge on any atom is -0.494 e. The smallest absolute Gasteiger partial charge is 0.237 e. The van der Waals surface area contributed by atoms with Gasteiger partial charge < -0.3 is 15.0 Å². The standard InChI is InChI=1S/C21H24FN5O2/c1-29-19-5-4-18(17-3-2-7-24-21(17)19)25-15-6-8-26(12-15)13-20(28)27-11-14(22)9-16(27)10-23/h2-5,7,14-16,25H,6,8-9,11-13H2,1H3/t14-,15-,16-/m0/s1. The molecule has 2 saturated heterocycles. The van der Waals surface area contributed by atoms with Crippen LogP contribution in [-0.2, 0) is 4.79 Å². The summed E-state index contributed by atoms with van der Waals surface area (Å²) in [4.78, 5) is 20.4. The Hall–Kier alpha value is -2.92. The molecule has 2 aliphatic rings. The number of alkyl halides is 1. The summed E-state index contributed by atoms with van der Waals surface area (Å²) in [6, 6.07) is 9.37. The number of likely N-dealkylation sites (tertiary alicyclic amines) is 2. The number of hydrogen-bond acceptors (Lipinski definition) is 6. The average molecular weight is 397 g/mol. The monoisotopic (exact) mass is 397 g/mol. The molecule has 1 N–H and O–H groups in total. The summed E-state index contributed by atoms with van der Waals surface area (Å²) in [6.45, 7) is 1.73. The van der Waals surface area contributed by atoms with Gasteiger partial charge in [0.05, 0.1) is 26.3 Å².